The van der Waals surface area contributed by atoms with E-state index in [2.05, 4.69) is 78.9 Å². The van der Waals surface area contributed by atoms with Gasteiger partial charge in [-0.15, -0.1) is 0 Å². The minimum Gasteiger partial charge on any atom is -0.462 e. The van der Waals surface area contributed by atoms with Crippen LogP contribution in [0.4, 0.5) is 0 Å². The molecule has 0 amide bonds. The van der Waals surface area contributed by atoms with Gasteiger partial charge in [-0.05, 0) is 82.1 Å². The topological polar surface area (TPSA) is 57.2 Å². The molecule has 1 aliphatic heterocycles. The molecule has 2 unspecified atom stereocenters. The Morgan fingerprint density at radius 1 is 1.03 bits per heavy atom. The van der Waals surface area contributed by atoms with Gasteiger partial charge in [0.05, 0.1) is 13.2 Å². The first-order valence-electron chi connectivity index (χ1n) is 15.5. The van der Waals surface area contributed by atoms with E-state index in [1.807, 2.05) is 0 Å². The summed E-state index contributed by atoms with van der Waals surface area (Å²) in [6.07, 6.45) is 12.1. The number of ether oxygens (including phenoxy) is 3. The zero-order valence-electron chi connectivity index (χ0n) is 26.6. The van der Waals surface area contributed by atoms with Gasteiger partial charge in [0, 0.05) is 43.2 Å². The molecule has 0 N–H and O–H groups in total. The van der Waals surface area contributed by atoms with Crippen LogP contribution in [0.5, 0.6) is 0 Å². The van der Waals surface area contributed by atoms with Crippen molar-refractivity contribution in [3.05, 3.63) is 12.2 Å². The third-order valence-electron chi connectivity index (χ3n) is 11.6. The standard InChI is InChI=1S/C32H57NO5Si/c1-23(34)37-28-26(14-17-31(6)27(28)15-18-32(31)35-20-21-36-32)30(5)16-13-25(38-39(9,10)29(2,3)4)22-24(30)12-11-19-33(7)8/h11-12,24-28H,13-22H2,1-10H3/t24-,25-,26?,27?,28+,30-,31-/m0/s1. The number of esters is 1. The molecule has 0 bridgehead atoms. The van der Waals surface area contributed by atoms with Crippen LogP contribution >= 0.6 is 0 Å². The predicted molar refractivity (Wildman–Crippen MR) is 159 cm³/mol. The average molecular weight is 564 g/mol. The van der Waals surface area contributed by atoms with Crippen LogP contribution in [0.3, 0.4) is 0 Å². The van der Waals surface area contributed by atoms with Crippen molar-refractivity contribution in [2.45, 2.75) is 123 Å². The van der Waals surface area contributed by atoms with Gasteiger partial charge in [0.25, 0.3) is 0 Å². The zero-order valence-corrected chi connectivity index (χ0v) is 27.6. The molecule has 0 aromatic rings. The molecule has 39 heavy (non-hydrogen) atoms. The maximum atomic E-state index is 12.6. The number of nitrogens with zero attached hydrogens (tertiary/aromatic N) is 1. The van der Waals surface area contributed by atoms with E-state index in [9.17, 15) is 4.79 Å². The molecule has 3 aliphatic carbocycles. The second kappa shape index (κ2) is 11.2. The lowest BCUT2D eigenvalue weighted by atomic mass is 9.51. The van der Waals surface area contributed by atoms with Crippen LogP contribution in [-0.2, 0) is 23.4 Å². The fourth-order valence-corrected chi connectivity index (χ4v) is 9.65. The van der Waals surface area contributed by atoms with Crippen LogP contribution in [0.1, 0.15) is 86.5 Å². The number of rotatable bonds is 7. The molecular formula is C32H57NO5Si. The van der Waals surface area contributed by atoms with Gasteiger partial charge in [0.1, 0.15) is 6.10 Å². The Morgan fingerprint density at radius 3 is 2.26 bits per heavy atom. The van der Waals surface area contributed by atoms with Crippen molar-refractivity contribution in [3.63, 3.8) is 0 Å². The summed E-state index contributed by atoms with van der Waals surface area (Å²) in [6.45, 7) is 20.4. The Bertz CT molecular complexity index is 907. The molecule has 4 rings (SSSR count). The number of fused-ring (bicyclic) bond motifs is 2. The molecule has 7 heteroatoms. The van der Waals surface area contributed by atoms with Crippen molar-refractivity contribution < 1.29 is 23.4 Å². The summed E-state index contributed by atoms with van der Waals surface area (Å²) in [4.78, 5) is 14.8. The van der Waals surface area contributed by atoms with Crippen LogP contribution in [0, 0.1) is 28.6 Å². The van der Waals surface area contributed by atoms with Gasteiger partial charge < -0.3 is 23.5 Å². The summed E-state index contributed by atoms with van der Waals surface area (Å²) in [5, 5.41) is 0.196. The van der Waals surface area contributed by atoms with Crippen molar-refractivity contribution in [2.24, 2.45) is 28.6 Å². The van der Waals surface area contributed by atoms with Crippen LogP contribution < -0.4 is 0 Å². The maximum Gasteiger partial charge on any atom is 0.302 e. The molecule has 0 aromatic carbocycles. The zero-order chi connectivity index (χ0) is 28.9. The third kappa shape index (κ3) is 5.82. The van der Waals surface area contributed by atoms with E-state index in [1.165, 1.54) is 0 Å². The summed E-state index contributed by atoms with van der Waals surface area (Å²) < 4.78 is 26.0. The summed E-state index contributed by atoms with van der Waals surface area (Å²) in [7, 11) is 2.37. The van der Waals surface area contributed by atoms with Gasteiger partial charge in [-0.1, -0.05) is 46.8 Å². The van der Waals surface area contributed by atoms with Gasteiger partial charge in [-0.3, -0.25) is 4.79 Å². The van der Waals surface area contributed by atoms with Crippen molar-refractivity contribution in [2.75, 3.05) is 33.9 Å². The van der Waals surface area contributed by atoms with Gasteiger partial charge in [-0.25, -0.2) is 0 Å². The van der Waals surface area contributed by atoms with E-state index in [4.69, 9.17) is 18.6 Å². The highest BCUT2D eigenvalue weighted by Gasteiger charge is 2.67. The largest absolute Gasteiger partial charge is 0.462 e. The van der Waals surface area contributed by atoms with E-state index >= 15 is 0 Å². The van der Waals surface area contributed by atoms with Gasteiger partial charge in [0.2, 0.25) is 0 Å². The molecule has 3 saturated carbocycles. The number of likely N-dealkylation sites (N-methyl/N-ethyl adjacent to an activating group) is 1. The maximum absolute atomic E-state index is 12.6. The fraction of sp³-hybridized carbons (Fsp3) is 0.906. The molecular weight excluding hydrogens is 506 g/mol. The first kappa shape index (κ1) is 31.2. The second-order valence-corrected chi connectivity index (χ2v) is 20.1. The van der Waals surface area contributed by atoms with Crippen LogP contribution in [-0.4, -0.2) is 71.0 Å². The molecule has 1 saturated heterocycles. The normalized spacial score (nSPS) is 39.0. The van der Waals surface area contributed by atoms with Crippen LogP contribution in [0.25, 0.3) is 0 Å². The average Bonchev–Trinajstić information content (AvgIpc) is 3.41. The number of hydrogen-bond donors (Lipinski definition) is 0. The van der Waals surface area contributed by atoms with Crippen LogP contribution in [0.2, 0.25) is 18.1 Å². The van der Waals surface area contributed by atoms with Crippen molar-refractivity contribution >= 4 is 14.3 Å². The van der Waals surface area contributed by atoms with E-state index in [-0.39, 0.29) is 40.0 Å². The molecule has 7 atom stereocenters. The Hall–Kier alpha value is -0.733. The van der Waals surface area contributed by atoms with Crippen molar-refractivity contribution in [1.82, 2.24) is 4.90 Å². The molecule has 0 radical (unpaired) electrons. The van der Waals surface area contributed by atoms with E-state index in [0.29, 0.717) is 25.0 Å². The SMILES string of the molecule is CC(=O)O[C@H]1C2CCC3(OCCO3)[C@@]2(C)CCC1[C@@]1(C)CC[C@H](O[Si](C)(C)C(C)(C)C)C[C@@H]1C=CCN(C)C. The van der Waals surface area contributed by atoms with Gasteiger partial charge in [-0.2, -0.15) is 0 Å². The minimum atomic E-state index is -1.87. The highest BCUT2D eigenvalue weighted by molar-refractivity contribution is 6.74. The Balaban J connectivity index is 1.64. The summed E-state index contributed by atoms with van der Waals surface area (Å²) >= 11 is 0. The molecule has 0 aromatic heterocycles. The van der Waals surface area contributed by atoms with Crippen molar-refractivity contribution in [3.8, 4) is 0 Å². The molecule has 6 nitrogen and oxygen atoms in total. The highest BCUT2D eigenvalue weighted by atomic mass is 28.4. The first-order chi connectivity index (χ1) is 18.0. The number of carbonyl (C=O) groups is 1. The quantitative estimate of drug-likeness (QED) is 0.193. The van der Waals surface area contributed by atoms with Gasteiger partial charge in [0.15, 0.2) is 14.1 Å². The smallest absolute Gasteiger partial charge is 0.302 e. The number of hydrogen-bond acceptors (Lipinski definition) is 6. The van der Waals surface area contributed by atoms with Gasteiger partial charge >= 0.3 is 5.97 Å². The summed E-state index contributed by atoms with van der Waals surface area (Å²) in [5.74, 6) is 0.257. The Morgan fingerprint density at radius 2 is 1.67 bits per heavy atom. The van der Waals surface area contributed by atoms with Crippen molar-refractivity contribution in [1.29, 1.82) is 0 Å². The molecule has 224 valence electrons. The first-order valence-corrected chi connectivity index (χ1v) is 18.4. The third-order valence-corrected chi connectivity index (χ3v) is 16.2. The number of allylic oxidation sites excluding steroid dienone is 1. The lowest BCUT2D eigenvalue weighted by Gasteiger charge is -2.57. The highest BCUT2D eigenvalue weighted by Crippen LogP contribution is 2.65. The van der Waals surface area contributed by atoms with E-state index in [0.717, 1.165) is 51.5 Å². The fourth-order valence-electron chi connectivity index (χ4n) is 8.25. The lowest BCUT2D eigenvalue weighted by Crippen LogP contribution is -2.58. The molecule has 1 heterocycles. The molecule has 1 spiro atoms. The summed E-state index contributed by atoms with van der Waals surface area (Å²) in [6, 6.07) is 0. The monoisotopic (exact) mass is 563 g/mol. The molecule has 4 aliphatic rings. The van der Waals surface area contributed by atoms with E-state index < -0.39 is 14.1 Å². The molecule has 4 fully saturated rings. The summed E-state index contributed by atoms with van der Waals surface area (Å²) in [5.41, 5.74) is -0.0971. The van der Waals surface area contributed by atoms with Crippen LogP contribution in [0.15, 0.2) is 12.2 Å². The lowest BCUT2D eigenvalue weighted by molar-refractivity contribution is -0.252. The van der Waals surface area contributed by atoms with E-state index in [1.54, 1.807) is 6.92 Å². The minimum absolute atomic E-state index is 0.0324. The number of carbonyl (C=O) groups excluding carboxylic acids is 1. The Labute approximate surface area is 239 Å². The Kier molecular flexibility index (Phi) is 8.93. The predicted octanol–water partition coefficient (Wildman–Crippen LogP) is 6.80. The second-order valence-electron chi connectivity index (χ2n) is 15.3.